The Kier molecular flexibility index (Phi) is 10.6. The van der Waals surface area contributed by atoms with Gasteiger partial charge in [-0.1, -0.05) is 48.5 Å². The predicted molar refractivity (Wildman–Crippen MR) is 156 cm³/mol. The van der Waals surface area contributed by atoms with E-state index in [-0.39, 0.29) is 22.8 Å². The van der Waals surface area contributed by atoms with Crippen LogP contribution >= 0.6 is 0 Å². The first-order valence-electron chi connectivity index (χ1n) is 11.5. The van der Waals surface area contributed by atoms with Crippen molar-refractivity contribution in [3.8, 4) is 0 Å². The molecule has 0 aliphatic rings. The largest absolute Gasteiger partial charge is 0.478 e. The van der Waals surface area contributed by atoms with Crippen LogP contribution in [0, 0.1) is 27.0 Å². The molecule has 0 aliphatic heterocycles. The molecule has 0 heterocycles. The molecule has 0 saturated carbocycles. The highest BCUT2D eigenvalue weighted by molar-refractivity contribution is 6.08. The van der Waals surface area contributed by atoms with Crippen LogP contribution in [0.1, 0.15) is 31.8 Å². The summed E-state index contributed by atoms with van der Waals surface area (Å²) < 4.78 is 0. The minimum atomic E-state index is -1.11. The van der Waals surface area contributed by atoms with E-state index >= 15 is 0 Å². The van der Waals surface area contributed by atoms with E-state index in [1.54, 1.807) is 12.1 Å². The number of benzene rings is 4. The Hall–Kier alpha value is -5.80. The summed E-state index contributed by atoms with van der Waals surface area (Å²) in [6.07, 6.45) is 0. The molecular weight excluding hydrogens is 492 g/mol. The third kappa shape index (κ3) is 8.67. The van der Waals surface area contributed by atoms with E-state index in [1.165, 1.54) is 24.3 Å². The molecule has 0 unspecified atom stereocenters. The van der Waals surface area contributed by atoms with Crippen LogP contribution in [0.3, 0.4) is 0 Å². The number of hydrogen-bond donors (Lipinski definition) is 5. The maximum atomic E-state index is 12.2. The van der Waals surface area contributed by atoms with Gasteiger partial charge >= 0.3 is 5.97 Å². The number of aromatic carboxylic acids is 1. The Bertz CT molecular complexity index is 1550. The lowest BCUT2D eigenvalue weighted by Crippen LogP contribution is -2.14. The molecule has 4 aromatic rings. The molecule has 0 fully saturated rings. The van der Waals surface area contributed by atoms with Gasteiger partial charge < -0.3 is 27.6 Å². The molecule has 196 valence electrons. The number of nitrogens with zero attached hydrogens (tertiary/aromatic N) is 2. The van der Waals surface area contributed by atoms with E-state index in [1.807, 2.05) is 62.4 Å². The zero-order valence-corrected chi connectivity index (χ0v) is 21.5. The Labute approximate surface area is 227 Å². The molecule has 0 aliphatic carbocycles. The molecule has 0 aromatic heterocycles. The van der Waals surface area contributed by atoms with Crippen molar-refractivity contribution in [2.24, 2.45) is 0 Å². The number of anilines is 4. The van der Waals surface area contributed by atoms with Crippen molar-refractivity contribution >= 4 is 46.0 Å². The van der Waals surface area contributed by atoms with E-state index in [4.69, 9.17) is 35.5 Å². The Morgan fingerprint density at radius 3 is 1.64 bits per heavy atom. The number of rotatable bonds is 3. The third-order valence-electron chi connectivity index (χ3n) is 5.39. The number of carbonyl (C=O) groups excluding carboxylic acids is 1. The molecule has 1 amide bonds. The molecule has 0 spiro atoms. The van der Waals surface area contributed by atoms with Crippen LogP contribution in [-0.2, 0) is 0 Å². The Morgan fingerprint density at radius 2 is 1.18 bits per heavy atom. The summed E-state index contributed by atoms with van der Waals surface area (Å²) >= 11 is 0. The van der Waals surface area contributed by atoms with E-state index in [0.29, 0.717) is 16.9 Å². The molecule has 39 heavy (non-hydrogen) atoms. The number of nitrogens with one attached hydrogen (secondary N) is 1. The zero-order valence-electron chi connectivity index (χ0n) is 21.5. The first-order valence-corrected chi connectivity index (χ1v) is 11.5. The summed E-state index contributed by atoms with van der Waals surface area (Å²) in [5, 5.41) is 11.4. The number of carboxylic acid groups (broad SMARTS) is 1. The highest BCUT2D eigenvalue weighted by Crippen LogP contribution is 2.22. The molecule has 0 bridgehead atoms. The average molecular weight is 521 g/mol. The maximum Gasteiger partial charge on any atom is 0.336 e. The standard InChI is InChI=1S/C15H13N3O.C8H6N2O2.C7H9N/c1-10-5-3-4-6-14(10)18-15(19)12-9-11(17-2)7-8-13(12)16;1-10-5-2-3-7(9)6(4-5)8(11)12;1-6-4-2-3-5-7(6)8/h3-9H,16H2,1H3,(H,18,19);2-4H,9H2,(H,11,12);2-5H,8H2,1H3. The van der Waals surface area contributed by atoms with Crippen LogP contribution in [-0.4, -0.2) is 17.0 Å². The van der Waals surface area contributed by atoms with Gasteiger partial charge in [0.05, 0.1) is 24.3 Å². The maximum absolute atomic E-state index is 12.2. The fourth-order valence-corrected chi connectivity index (χ4v) is 3.10. The van der Waals surface area contributed by atoms with Crippen molar-refractivity contribution in [3.63, 3.8) is 0 Å². The second-order valence-electron chi connectivity index (χ2n) is 8.20. The van der Waals surface area contributed by atoms with Crippen LogP contribution in [0.25, 0.3) is 9.69 Å². The first kappa shape index (κ1) is 29.4. The lowest BCUT2D eigenvalue weighted by atomic mass is 10.1. The lowest BCUT2D eigenvalue weighted by molar-refractivity contribution is 0.0698. The van der Waals surface area contributed by atoms with Crippen LogP contribution in [0.15, 0.2) is 84.9 Å². The molecule has 4 aromatic carbocycles. The molecule has 0 radical (unpaired) electrons. The van der Waals surface area contributed by atoms with Gasteiger partial charge in [-0.2, -0.15) is 0 Å². The van der Waals surface area contributed by atoms with E-state index in [9.17, 15) is 9.59 Å². The summed E-state index contributed by atoms with van der Waals surface area (Å²) in [6.45, 7) is 17.5. The average Bonchev–Trinajstić information content (AvgIpc) is 2.93. The summed E-state index contributed by atoms with van der Waals surface area (Å²) in [7, 11) is 0. The van der Waals surface area contributed by atoms with Gasteiger partial charge in [-0.05, 0) is 61.4 Å². The van der Waals surface area contributed by atoms with Crippen molar-refractivity contribution in [1.82, 2.24) is 0 Å². The fourth-order valence-electron chi connectivity index (χ4n) is 3.10. The molecule has 4 rings (SSSR count). The first-order chi connectivity index (χ1) is 18.6. The van der Waals surface area contributed by atoms with Gasteiger partial charge in [0.15, 0.2) is 11.4 Å². The van der Waals surface area contributed by atoms with Crippen LogP contribution in [0.2, 0.25) is 0 Å². The summed E-state index contributed by atoms with van der Waals surface area (Å²) in [5.74, 6) is -1.42. The van der Waals surface area contributed by atoms with E-state index in [0.717, 1.165) is 22.5 Å². The van der Waals surface area contributed by atoms with Gasteiger partial charge in [0.25, 0.3) is 5.91 Å². The van der Waals surface area contributed by atoms with Crippen LogP contribution < -0.4 is 22.5 Å². The van der Waals surface area contributed by atoms with Crippen molar-refractivity contribution in [3.05, 3.63) is 130 Å². The predicted octanol–water partition coefficient (Wildman–Crippen LogP) is 6.48. The highest BCUT2D eigenvalue weighted by atomic mass is 16.4. The van der Waals surface area contributed by atoms with Gasteiger partial charge in [0, 0.05) is 22.7 Å². The smallest absolute Gasteiger partial charge is 0.336 e. The Balaban J connectivity index is 0.000000227. The number of carboxylic acids is 1. The summed E-state index contributed by atoms with van der Waals surface area (Å²) in [5.41, 5.74) is 21.9. The molecule has 0 atom stereocenters. The molecule has 9 nitrogen and oxygen atoms in total. The van der Waals surface area contributed by atoms with Gasteiger partial charge in [-0.25, -0.2) is 14.5 Å². The minimum absolute atomic E-state index is 0.0245. The number of nitrogens with two attached hydrogens (primary N) is 3. The van der Waals surface area contributed by atoms with Crippen LogP contribution in [0.4, 0.5) is 34.1 Å². The topological polar surface area (TPSA) is 153 Å². The number of hydrogen-bond acceptors (Lipinski definition) is 5. The number of amides is 1. The molecular formula is C30H28N6O3. The number of para-hydroxylation sites is 2. The third-order valence-corrected chi connectivity index (χ3v) is 5.39. The quantitative estimate of drug-likeness (QED) is 0.154. The van der Waals surface area contributed by atoms with Crippen molar-refractivity contribution in [1.29, 1.82) is 0 Å². The second kappa shape index (κ2) is 14.1. The fraction of sp³-hybridized carbons (Fsp3) is 0.0667. The Morgan fingerprint density at radius 1 is 0.692 bits per heavy atom. The molecule has 8 N–H and O–H groups in total. The molecule has 0 saturated heterocycles. The van der Waals surface area contributed by atoms with Crippen LogP contribution in [0.5, 0.6) is 0 Å². The minimum Gasteiger partial charge on any atom is -0.478 e. The summed E-state index contributed by atoms with van der Waals surface area (Å²) in [6, 6.07) is 24.1. The lowest BCUT2D eigenvalue weighted by Gasteiger charge is -2.10. The van der Waals surface area contributed by atoms with Gasteiger partial charge in [-0.3, -0.25) is 4.79 Å². The van der Waals surface area contributed by atoms with E-state index < -0.39 is 5.97 Å². The SMILES string of the molecule is Cc1ccccc1N.[C-]#[N+]c1ccc(N)c(C(=O)Nc2ccccc2C)c1.[C-]#[N+]c1ccc(N)c(C(=O)O)c1. The van der Waals surface area contributed by atoms with Gasteiger partial charge in [0.1, 0.15) is 0 Å². The summed E-state index contributed by atoms with van der Waals surface area (Å²) in [4.78, 5) is 29.0. The number of aryl methyl sites for hydroxylation is 2. The van der Waals surface area contributed by atoms with Crippen molar-refractivity contribution in [2.45, 2.75) is 13.8 Å². The number of nitrogen functional groups attached to an aromatic ring is 3. The van der Waals surface area contributed by atoms with E-state index in [2.05, 4.69) is 15.0 Å². The highest BCUT2D eigenvalue weighted by Gasteiger charge is 2.11. The second-order valence-corrected chi connectivity index (χ2v) is 8.20. The normalized spacial score (nSPS) is 9.33. The monoisotopic (exact) mass is 520 g/mol. The zero-order chi connectivity index (χ0) is 28.9. The number of carbonyl (C=O) groups is 2. The van der Waals surface area contributed by atoms with Crippen molar-refractivity contribution in [2.75, 3.05) is 22.5 Å². The van der Waals surface area contributed by atoms with Gasteiger partial charge in [0.2, 0.25) is 0 Å². The van der Waals surface area contributed by atoms with Gasteiger partial charge in [-0.15, -0.1) is 0 Å². The van der Waals surface area contributed by atoms with Crippen molar-refractivity contribution < 1.29 is 14.7 Å². The molecule has 9 heteroatoms.